The largest absolute Gasteiger partial charge is 0.462 e. The first-order chi connectivity index (χ1) is 18.2. The molecule has 0 aliphatic heterocycles. The van der Waals surface area contributed by atoms with E-state index >= 15 is 0 Å². The summed E-state index contributed by atoms with van der Waals surface area (Å²) in [4.78, 5) is 12.6. The number of fused-ring (bicyclic) bond motifs is 5. The standard InChI is InChI=1S/C35H59BrO2/c1-25(2)12-11-13-26(3)30-17-18-31-29-16-15-27-24-28(38-33(37)14-9-7-6-8-10-23-36)19-21-34(27,4)32(29)20-22-35(30,31)5/h15,25-26,28-32H,6-14,16-24H2,1-5H3/t26-,28+,29+,30-,31+,32+,34+,35-/m1/s1. The monoisotopic (exact) mass is 590 g/mol. The molecule has 0 radical (unpaired) electrons. The predicted molar refractivity (Wildman–Crippen MR) is 164 cm³/mol. The molecule has 0 aromatic heterocycles. The van der Waals surface area contributed by atoms with Gasteiger partial charge in [-0.1, -0.05) is 101 Å². The molecule has 0 bridgehead atoms. The molecule has 0 amide bonds. The van der Waals surface area contributed by atoms with Crippen LogP contribution in [0.2, 0.25) is 0 Å². The van der Waals surface area contributed by atoms with Crippen LogP contribution in [0.5, 0.6) is 0 Å². The molecule has 0 saturated heterocycles. The number of alkyl halides is 1. The Bertz CT molecular complexity index is 804. The lowest BCUT2D eigenvalue weighted by Gasteiger charge is -2.58. The number of esters is 1. The second kappa shape index (κ2) is 13.6. The van der Waals surface area contributed by atoms with Crippen molar-refractivity contribution in [3.05, 3.63) is 11.6 Å². The van der Waals surface area contributed by atoms with Gasteiger partial charge in [0.05, 0.1) is 0 Å². The van der Waals surface area contributed by atoms with Gasteiger partial charge in [0, 0.05) is 18.2 Å². The van der Waals surface area contributed by atoms with Crippen molar-refractivity contribution in [1.82, 2.24) is 0 Å². The minimum absolute atomic E-state index is 0.0429. The van der Waals surface area contributed by atoms with Gasteiger partial charge in [0.25, 0.3) is 0 Å². The molecule has 38 heavy (non-hydrogen) atoms. The fraction of sp³-hybridized carbons (Fsp3) is 0.914. The van der Waals surface area contributed by atoms with Crippen LogP contribution in [-0.2, 0) is 9.53 Å². The average molecular weight is 592 g/mol. The number of carbonyl (C=O) groups is 1. The highest BCUT2D eigenvalue weighted by Gasteiger charge is 2.59. The van der Waals surface area contributed by atoms with Gasteiger partial charge in [0.15, 0.2) is 0 Å². The number of ether oxygens (including phenoxy) is 1. The third-order valence-electron chi connectivity index (χ3n) is 12.1. The van der Waals surface area contributed by atoms with Gasteiger partial charge in [-0.3, -0.25) is 4.79 Å². The molecule has 4 rings (SSSR count). The molecule has 3 saturated carbocycles. The molecule has 0 spiro atoms. The SMILES string of the molecule is CC(C)CCC[C@@H](C)[C@H]1CC[C@H]2[C@@H]3CC=C4C[C@@H](OC(=O)CCCCCCCBr)CC[C@]4(C)[C@H]3CC[C@]12C. The van der Waals surface area contributed by atoms with E-state index in [4.69, 9.17) is 4.74 Å². The van der Waals surface area contributed by atoms with Gasteiger partial charge in [-0.05, 0) is 104 Å². The van der Waals surface area contributed by atoms with E-state index in [1.165, 1.54) is 77.0 Å². The zero-order chi connectivity index (χ0) is 27.3. The Morgan fingerprint density at radius 2 is 1.71 bits per heavy atom. The van der Waals surface area contributed by atoms with Crippen molar-refractivity contribution in [3.63, 3.8) is 0 Å². The molecule has 8 atom stereocenters. The molecular weight excluding hydrogens is 532 g/mol. The smallest absolute Gasteiger partial charge is 0.306 e. The van der Waals surface area contributed by atoms with E-state index in [1.807, 2.05) is 0 Å². The summed E-state index contributed by atoms with van der Waals surface area (Å²) < 4.78 is 6.03. The number of rotatable bonds is 13. The van der Waals surface area contributed by atoms with Gasteiger partial charge in [-0.2, -0.15) is 0 Å². The highest BCUT2D eigenvalue weighted by Crippen LogP contribution is 2.67. The van der Waals surface area contributed by atoms with Gasteiger partial charge >= 0.3 is 5.97 Å². The molecule has 4 aliphatic carbocycles. The van der Waals surface area contributed by atoms with Crippen molar-refractivity contribution >= 4 is 21.9 Å². The van der Waals surface area contributed by atoms with E-state index in [-0.39, 0.29) is 12.1 Å². The van der Waals surface area contributed by atoms with E-state index in [2.05, 4.69) is 56.6 Å². The number of unbranched alkanes of at least 4 members (excludes halogenated alkanes) is 4. The molecule has 3 fully saturated rings. The predicted octanol–water partition coefficient (Wildman–Crippen LogP) is 10.7. The molecule has 2 nitrogen and oxygen atoms in total. The molecule has 0 N–H and O–H groups in total. The maximum atomic E-state index is 12.6. The summed E-state index contributed by atoms with van der Waals surface area (Å²) >= 11 is 3.50. The summed E-state index contributed by atoms with van der Waals surface area (Å²) in [5, 5.41) is 1.09. The van der Waals surface area contributed by atoms with Gasteiger partial charge < -0.3 is 4.74 Å². The van der Waals surface area contributed by atoms with Crippen molar-refractivity contribution < 1.29 is 9.53 Å². The summed E-state index contributed by atoms with van der Waals surface area (Å²) in [7, 11) is 0. The van der Waals surface area contributed by atoms with Crippen LogP contribution in [-0.4, -0.2) is 17.4 Å². The number of hydrogen-bond acceptors (Lipinski definition) is 2. The normalized spacial score (nSPS) is 37.2. The first-order valence-corrected chi connectivity index (χ1v) is 17.8. The summed E-state index contributed by atoms with van der Waals surface area (Å²) in [6.07, 6.45) is 23.8. The van der Waals surface area contributed by atoms with E-state index in [0.717, 1.165) is 66.5 Å². The highest BCUT2D eigenvalue weighted by molar-refractivity contribution is 9.09. The van der Waals surface area contributed by atoms with Crippen LogP contribution < -0.4 is 0 Å². The van der Waals surface area contributed by atoms with Crippen molar-refractivity contribution in [1.29, 1.82) is 0 Å². The van der Waals surface area contributed by atoms with E-state index in [9.17, 15) is 4.79 Å². The number of hydrogen-bond donors (Lipinski definition) is 0. The Morgan fingerprint density at radius 1 is 0.947 bits per heavy atom. The molecule has 4 aliphatic rings. The molecule has 0 aromatic carbocycles. The Morgan fingerprint density at radius 3 is 2.47 bits per heavy atom. The Labute approximate surface area is 244 Å². The van der Waals surface area contributed by atoms with E-state index in [1.54, 1.807) is 5.57 Å². The number of halogens is 1. The molecule has 218 valence electrons. The summed E-state index contributed by atoms with van der Waals surface area (Å²) in [6, 6.07) is 0. The van der Waals surface area contributed by atoms with Gasteiger partial charge in [-0.15, -0.1) is 0 Å². The summed E-state index contributed by atoms with van der Waals surface area (Å²) in [6.45, 7) is 12.6. The number of allylic oxidation sites excluding steroid dienone is 1. The topological polar surface area (TPSA) is 26.3 Å². The van der Waals surface area contributed by atoms with Crippen LogP contribution in [0.25, 0.3) is 0 Å². The van der Waals surface area contributed by atoms with Crippen LogP contribution in [0.15, 0.2) is 11.6 Å². The quantitative estimate of drug-likeness (QED) is 0.0922. The van der Waals surface area contributed by atoms with Crippen molar-refractivity contribution in [2.45, 2.75) is 150 Å². The first kappa shape index (κ1) is 30.6. The van der Waals surface area contributed by atoms with Crippen LogP contribution in [0.3, 0.4) is 0 Å². The van der Waals surface area contributed by atoms with Gasteiger partial charge in [-0.25, -0.2) is 0 Å². The molecular formula is C35H59BrO2. The van der Waals surface area contributed by atoms with E-state index in [0.29, 0.717) is 17.3 Å². The zero-order valence-corrected chi connectivity index (χ0v) is 27.1. The second-order valence-electron chi connectivity index (χ2n) is 14.9. The molecule has 0 heterocycles. The lowest BCUT2D eigenvalue weighted by Crippen LogP contribution is -2.51. The molecule has 3 heteroatoms. The van der Waals surface area contributed by atoms with Crippen molar-refractivity contribution in [2.75, 3.05) is 5.33 Å². The minimum atomic E-state index is 0.0429. The Balaban J connectivity index is 1.31. The van der Waals surface area contributed by atoms with Crippen LogP contribution >= 0.6 is 15.9 Å². The summed E-state index contributed by atoms with van der Waals surface area (Å²) in [5.74, 6) is 5.32. The third-order valence-corrected chi connectivity index (χ3v) is 12.6. The average Bonchev–Trinajstić information content (AvgIpc) is 3.23. The van der Waals surface area contributed by atoms with E-state index < -0.39 is 0 Å². The van der Waals surface area contributed by atoms with Gasteiger partial charge in [0.2, 0.25) is 0 Å². The fourth-order valence-corrected chi connectivity index (χ4v) is 10.3. The second-order valence-corrected chi connectivity index (χ2v) is 15.6. The lowest BCUT2D eigenvalue weighted by atomic mass is 9.47. The first-order valence-electron chi connectivity index (χ1n) is 16.6. The van der Waals surface area contributed by atoms with Crippen LogP contribution in [0, 0.1) is 46.3 Å². The Hall–Kier alpha value is -0.310. The molecule has 0 unspecified atom stereocenters. The number of carbonyl (C=O) groups excluding carboxylic acids is 1. The maximum Gasteiger partial charge on any atom is 0.306 e. The Kier molecular flexibility index (Phi) is 10.9. The van der Waals surface area contributed by atoms with Crippen molar-refractivity contribution in [2.24, 2.45) is 46.3 Å². The van der Waals surface area contributed by atoms with Gasteiger partial charge in [0.1, 0.15) is 6.10 Å². The van der Waals surface area contributed by atoms with Crippen molar-refractivity contribution in [3.8, 4) is 0 Å². The summed E-state index contributed by atoms with van der Waals surface area (Å²) in [5.41, 5.74) is 2.53. The maximum absolute atomic E-state index is 12.6. The minimum Gasteiger partial charge on any atom is -0.462 e. The zero-order valence-electron chi connectivity index (χ0n) is 25.5. The molecule has 0 aromatic rings. The fourth-order valence-electron chi connectivity index (χ4n) is 9.89. The van der Waals surface area contributed by atoms with Crippen LogP contribution in [0.1, 0.15) is 144 Å². The highest BCUT2D eigenvalue weighted by atomic mass is 79.9. The van der Waals surface area contributed by atoms with Crippen LogP contribution in [0.4, 0.5) is 0 Å². The third kappa shape index (κ3) is 6.76. The lowest BCUT2D eigenvalue weighted by molar-refractivity contribution is -0.151.